The lowest BCUT2D eigenvalue weighted by atomic mass is 9.91. The number of hydrogen-bond donors (Lipinski definition) is 1. The van der Waals surface area contributed by atoms with Crippen LogP contribution in [-0.2, 0) is 19.1 Å². The molecule has 1 N–H and O–H groups in total. The lowest BCUT2D eigenvalue weighted by Gasteiger charge is -2.19. The summed E-state index contributed by atoms with van der Waals surface area (Å²) in [5.74, 6) is 0.126. The van der Waals surface area contributed by atoms with Crippen LogP contribution in [0.4, 0.5) is 0 Å². The van der Waals surface area contributed by atoms with Crippen LogP contribution in [0.5, 0.6) is 0 Å². The van der Waals surface area contributed by atoms with Crippen molar-refractivity contribution in [3.05, 3.63) is 24.3 Å². The summed E-state index contributed by atoms with van der Waals surface area (Å²) in [5, 5.41) is 9.24. The number of allylic oxidation sites excluding steroid dienone is 4. The predicted molar refractivity (Wildman–Crippen MR) is 201 cm³/mol. The molecule has 0 rings (SSSR count). The van der Waals surface area contributed by atoms with Crippen LogP contribution in [0.2, 0.25) is 0 Å². The van der Waals surface area contributed by atoms with Crippen molar-refractivity contribution in [1.29, 1.82) is 0 Å². The molecular weight excluding hydrogens is 584 g/mol. The maximum absolute atomic E-state index is 12.9. The van der Waals surface area contributed by atoms with Crippen LogP contribution in [0.25, 0.3) is 0 Å². The van der Waals surface area contributed by atoms with Gasteiger partial charge in [-0.05, 0) is 70.1 Å². The molecule has 0 saturated heterocycles. The van der Waals surface area contributed by atoms with Gasteiger partial charge in [-0.25, -0.2) is 0 Å². The van der Waals surface area contributed by atoms with Crippen molar-refractivity contribution >= 4 is 11.9 Å². The fourth-order valence-electron chi connectivity index (χ4n) is 6.05. The molecular formula is C42H78O5. The number of ether oxygens (including phenoxy) is 2. The molecule has 0 bridgehead atoms. The summed E-state index contributed by atoms with van der Waals surface area (Å²) < 4.78 is 11.4. The van der Waals surface area contributed by atoms with E-state index in [1.165, 1.54) is 103 Å². The van der Waals surface area contributed by atoms with Crippen molar-refractivity contribution in [3.8, 4) is 0 Å². The number of aliphatic hydroxyl groups is 1. The van der Waals surface area contributed by atoms with Crippen molar-refractivity contribution in [2.45, 2.75) is 201 Å². The average molecular weight is 663 g/mol. The second-order valence-electron chi connectivity index (χ2n) is 13.9. The van der Waals surface area contributed by atoms with Crippen molar-refractivity contribution in [2.75, 3.05) is 19.8 Å². The Hall–Kier alpha value is -1.62. The summed E-state index contributed by atoms with van der Waals surface area (Å²) >= 11 is 0. The summed E-state index contributed by atoms with van der Waals surface area (Å²) in [6.45, 7) is 7.45. The second-order valence-corrected chi connectivity index (χ2v) is 13.9. The maximum Gasteiger partial charge on any atom is 0.306 e. The zero-order chi connectivity index (χ0) is 34.5. The number of unbranched alkanes of at least 4 members (excludes halogenated alkanes) is 17. The molecule has 0 heterocycles. The number of carbonyl (C=O) groups excluding carboxylic acids is 2. The third-order valence-electron chi connectivity index (χ3n) is 9.20. The first-order chi connectivity index (χ1) is 23.1. The highest BCUT2D eigenvalue weighted by Gasteiger charge is 2.18. The van der Waals surface area contributed by atoms with Crippen LogP contribution in [0.1, 0.15) is 201 Å². The fourth-order valence-corrected chi connectivity index (χ4v) is 6.05. The number of aliphatic hydroxyl groups excluding tert-OH is 1. The summed E-state index contributed by atoms with van der Waals surface area (Å²) in [7, 11) is 0. The molecule has 0 aliphatic rings. The Morgan fingerprint density at radius 1 is 0.511 bits per heavy atom. The third-order valence-corrected chi connectivity index (χ3v) is 9.20. The van der Waals surface area contributed by atoms with Gasteiger partial charge in [-0.1, -0.05) is 148 Å². The van der Waals surface area contributed by atoms with E-state index < -0.39 is 0 Å². The fraction of sp³-hybridized carbons (Fsp3) is 0.857. The Morgan fingerprint density at radius 2 is 0.957 bits per heavy atom. The zero-order valence-corrected chi connectivity index (χ0v) is 31.5. The third kappa shape index (κ3) is 34.1. The van der Waals surface area contributed by atoms with E-state index in [0.29, 0.717) is 31.8 Å². The molecule has 0 fully saturated rings. The van der Waals surface area contributed by atoms with Crippen LogP contribution >= 0.6 is 0 Å². The molecule has 2 unspecified atom stereocenters. The Bertz CT molecular complexity index is 731. The van der Waals surface area contributed by atoms with Crippen LogP contribution in [0.15, 0.2) is 24.3 Å². The van der Waals surface area contributed by atoms with Gasteiger partial charge in [-0.3, -0.25) is 9.59 Å². The molecule has 0 saturated carbocycles. The van der Waals surface area contributed by atoms with Crippen molar-refractivity contribution in [2.24, 2.45) is 11.8 Å². The minimum atomic E-state index is -0.153. The highest BCUT2D eigenvalue weighted by molar-refractivity contribution is 5.70. The number of carbonyl (C=O) groups is 2. The summed E-state index contributed by atoms with van der Waals surface area (Å²) in [6.07, 6.45) is 40.0. The highest BCUT2D eigenvalue weighted by Crippen LogP contribution is 2.23. The van der Waals surface area contributed by atoms with Crippen LogP contribution in [-0.4, -0.2) is 36.9 Å². The summed E-state index contributed by atoms with van der Waals surface area (Å²) in [4.78, 5) is 25.3. The SMILES string of the molecule is CCCCC/C=C\C/C=C\CCCCCCCC(=O)OCC(CCCCO)COC(=O)CC(CCCCCC)CCCCCCCC. The van der Waals surface area contributed by atoms with E-state index in [1.54, 1.807) is 0 Å². The monoisotopic (exact) mass is 663 g/mol. The molecule has 0 aliphatic heterocycles. The molecule has 0 radical (unpaired) electrons. The van der Waals surface area contributed by atoms with Gasteiger partial charge in [0.15, 0.2) is 0 Å². The van der Waals surface area contributed by atoms with Gasteiger partial charge in [0.25, 0.3) is 0 Å². The molecule has 0 spiro atoms. The van der Waals surface area contributed by atoms with E-state index in [-0.39, 0.29) is 31.1 Å². The van der Waals surface area contributed by atoms with Gasteiger partial charge in [0.1, 0.15) is 0 Å². The summed E-state index contributed by atoms with van der Waals surface area (Å²) in [6, 6.07) is 0. The maximum atomic E-state index is 12.9. The Morgan fingerprint density at radius 3 is 1.57 bits per heavy atom. The number of esters is 2. The van der Waals surface area contributed by atoms with Gasteiger partial charge >= 0.3 is 11.9 Å². The van der Waals surface area contributed by atoms with Gasteiger partial charge in [0.05, 0.1) is 13.2 Å². The molecule has 47 heavy (non-hydrogen) atoms. The van der Waals surface area contributed by atoms with E-state index >= 15 is 0 Å². The predicted octanol–water partition coefficient (Wildman–Crippen LogP) is 12.4. The van der Waals surface area contributed by atoms with Gasteiger partial charge in [0.2, 0.25) is 0 Å². The minimum absolute atomic E-state index is 0.0133. The smallest absolute Gasteiger partial charge is 0.306 e. The van der Waals surface area contributed by atoms with Gasteiger partial charge in [0, 0.05) is 25.4 Å². The molecule has 0 aromatic rings. The first kappa shape index (κ1) is 45.4. The molecule has 0 aliphatic carbocycles. The van der Waals surface area contributed by atoms with Gasteiger partial charge in [-0.2, -0.15) is 0 Å². The van der Waals surface area contributed by atoms with Crippen LogP contribution in [0.3, 0.4) is 0 Å². The molecule has 2 atom stereocenters. The zero-order valence-electron chi connectivity index (χ0n) is 31.5. The summed E-state index contributed by atoms with van der Waals surface area (Å²) in [5.41, 5.74) is 0. The lowest BCUT2D eigenvalue weighted by molar-refractivity contribution is -0.150. The largest absolute Gasteiger partial charge is 0.465 e. The number of hydrogen-bond acceptors (Lipinski definition) is 5. The lowest BCUT2D eigenvalue weighted by Crippen LogP contribution is -2.22. The highest BCUT2D eigenvalue weighted by atomic mass is 16.5. The van der Waals surface area contributed by atoms with Crippen molar-refractivity contribution in [1.82, 2.24) is 0 Å². The van der Waals surface area contributed by atoms with E-state index in [9.17, 15) is 14.7 Å². The second kappa shape index (κ2) is 37.2. The van der Waals surface area contributed by atoms with Crippen LogP contribution < -0.4 is 0 Å². The Kier molecular flexibility index (Phi) is 35.9. The normalized spacial score (nSPS) is 13.0. The Labute approximate surface area is 292 Å². The standard InChI is InChI=1S/C42H78O5/c1-4-7-10-13-15-16-17-18-19-20-21-22-23-25-28-34-41(44)46-37-40(33-29-30-35-43)38-47-42(45)36-39(31-26-12-9-6-3)32-27-24-14-11-8-5-2/h15-16,18-19,39-40,43H,4-14,17,20-38H2,1-3H3/b16-15-,19-18-. The topological polar surface area (TPSA) is 72.8 Å². The van der Waals surface area contributed by atoms with Gasteiger partial charge < -0.3 is 14.6 Å². The molecule has 276 valence electrons. The van der Waals surface area contributed by atoms with Crippen molar-refractivity contribution < 1.29 is 24.2 Å². The van der Waals surface area contributed by atoms with E-state index in [2.05, 4.69) is 45.1 Å². The number of rotatable bonds is 36. The molecule has 0 aromatic carbocycles. The van der Waals surface area contributed by atoms with Gasteiger partial charge in [-0.15, -0.1) is 0 Å². The van der Waals surface area contributed by atoms with Crippen molar-refractivity contribution in [3.63, 3.8) is 0 Å². The minimum Gasteiger partial charge on any atom is -0.465 e. The van der Waals surface area contributed by atoms with E-state index in [1.807, 2.05) is 0 Å². The Balaban J connectivity index is 4.31. The first-order valence-corrected chi connectivity index (χ1v) is 20.3. The quantitative estimate of drug-likeness (QED) is 0.0410. The van der Waals surface area contributed by atoms with Crippen LogP contribution in [0, 0.1) is 11.8 Å². The molecule has 5 nitrogen and oxygen atoms in total. The van der Waals surface area contributed by atoms with E-state index in [0.717, 1.165) is 57.8 Å². The molecule has 5 heteroatoms. The average Bonchev–Trinajstić information content (AvgIpc) is 3.07. The first-order valence-electron chi connectivity index (χ1n) is 20.3. The van der Waals surface area contributed by atoms with E-state index in [4.69, 9.17) is 9.47 Å². The molecule has 0 aromatic heterocycles. The molecule has 0 amide bonds.